The topological polar surface area (TPSA) is 146 Å². The molecule has 7 rings (SSSR count). The summed E-state index contributed by atoms with van der Waals surface area (Å²) in [5, 5.41) is 25.2. The second-order valence-electron chi connectivity index (χ2n) is 13.4. The van der Waals surface area contributed by atoms with Crippen molar-refractivity contribution in [3.63, 3.8) is 0 Å². The standard InChI is InChI=1S/C29H34O10/c1-13-20(31)37-19-12-24(13,2)21-28(35)17-7-6-14-10-15(36-5)11-18(30)25(14,3)16(17)8-9-27(34)22(32)38-26(19,4)29(21,27)39-23(28)33/h6-7,10,13,15-17,19,21,34-35H,8-9,11-12H2,1-5H3/t13-,15+,16+,17-,19-,21-,24-,25+,26+,27-,28+,29+/m1/s1. The van der Waals surface area contributed by atoms with Gasteiger partial charge < -0.3 is 29.2 Å². The van der Waals surface area contributed by atoms with Crippen molar-refractivity contribution in [2.24, 2.45) is 34.5 Å². The van der Waals surface area contributed by atoms with Crippen molar-refractivity contribution < 1.29 is 48.3 Å². The fraction of sp³-hybridized carbons (Fsp3) is 0.724. The Morgan fingerprint density at radius 2 is 1.77 bits per heavy atom. The molecule has 10 heteroatoms. The first kappa shape index (κ1) is 25.4. The number of hydrogen-bond acceptors (Lipinski definition) is 10. The van der Waals surface area contributed by atoms with Gasteiger partial charge >= 0.3 is 17.9 Å². The quantitative estimate of drug-likeness (QED) is 0.366. The molecule has 4 bridgehead atoms. The Hall–Kier alpha value is -2.56. The van der Waals surface area contributed by atoms with E-state index in [4.69, 9.17) is 18.9 Å². The Labute approximate surface area is 225 Å². The summed E-state index contributed by atoms with van der Waals surface area (Å²) in [5.74, 6) is -6.13. The van der Waals surface area contributed by atoms with E-state index in [0.29, 0.717) is 5.57 Å². The zero-order valence-electron chi connectivity index (χ0n) is 22.7. The lowest BCUT2D eigenvalue weighted by Crippen LogP contribution is -2.80. The molecule has 4 aliphatic carbocycles. The normalized spacial score (nSPS) is 56.7. The number of fused-ring (bicyclic) bond motifs is 7. The van der Waals surface area contributed by atoms with Gasteiger partial charge in [0.05, 0.1) is 23.4 Å². The molecule has 3 heterocycles. The van der Waals surface area contributed by atoms with Gasteiger partial charge in [0.2, 0.25) is 11.2 Å². The average molecular weight is 543 g/mol. The van der Waals surface area contributed by atoms with Crippen LogP contribution in [0.25, 0.3) is 0 Å². The molecule has 210 valence electrons. The predicted molar refractivity (Wildman–Crippen MR) is 130 cm³/mol. The molecule has 0 radical (unpaired) electrons. The highest BCUT2D eigenvalue weighted by atomic mass is 16.7. The molecule has 2 N–H and O–H groups in total. The molecule has 2 saturated carbocycles. The molecule has 1 spiro atoms. The van der Waals surface area contributed by atoms with Gasteiger partial charge in [-0.3, -0.25) is 9.59 Å². The van der Waals surface area contributed by atoms with Crippen LogP contribution < -0.4 is 0 Å². The summed E-state index contributed by atoms with van der Waals surface area (Å²) in [5.41, 5.74) is -9.80. The van der Waals surface area contributed by atoms with Crippen molar-refractivity contribution in [1.29, 1.82) is 0 Å². The van der Waals surface area contributed by atoms with E-state index < -0.39 is 87.0 Å². The number of allylic oxidation sites excluding steroid dienone is 2. The first-order chi connectivity index (χ1) is 18.2. The minimum absolute atomic E-state index is 0.108. The van der Waals surface area contributed by atoms with Gasteiger partial charge in [-0.15, -0.1) is 0 Å². The van der Waals surface area contributed by atoms with Gasteiger partial charge in [-0.2, -0.15) is 0 Å². The maximum Gasteiger partial charge on any atom is 0.343 e. The van der Waals surface area contributed by atoms with Crippen LogP contribution in [0.3, 0.4) is 0 Å². The highest BCUT2D eigenvalue weighted by Gasteiger charge is 2.93. The zero-order valence-corrected chi connectivity index (χ0v) is 22.7. The van der Waals surface area contributed by atoms with E-state index in [1.807, 2.05) is 6.08 Å². The average Bonchev–Trinajstić information content (AvgIpc) is 3.23. The number of rotatable bonds is 1. The lowest BCUT2D eigenvalue weighted by atomic mass is 9.40. The molecule has 39 heavy (non-hydrogen) atoms. The van der Waals surface area contributed by atoms with Gasteiger partial charge in [-0.25, -0.2) is 9.59 Å². The smallest absolute Gasteiger partial charge is 0.343 e. The van der Waals surface area contributed by atoms with Crippen LogP contribution in [0.4, 0.5) is 0 Å². The maximum absolute atomic E-state index is 14.1. The number of Topliss-reactive ketones (excluding diaryl/α,β-unsaturated/α-hetero) is 1. The Kier molecular flexibility index (Phi) is 4.57. The summed E-state index contributed by atoms with van der Waals surface area (Å²) >= 11 is 0. The Morgan fingerprint density at radius 1 is 1.05 bits per heavy atom. The van der Waals surface area contributed by atoms with Gasteiger partial charge in [0.25, 0.3) is 0 Å². The van der Waals surface area contributed by atoms with E-state index >= 15 is 0 Å². The molecular weight excluding hydrogens is 508 g/mol. The number of ketones is 1. The molecule has 7 aliphatic rings. The van der Waals surface area contributed by atoms with Gasteiger partial charge in [0, 0.05) is 19.4 Å². The van der Waals surface area contributed by atoms with Crippen LogP contribution in [0.2, 0.25) is 0 Å². The van der Waals surface area contributed by atoms with Crippen molar-refractivity contribution in [3.8, 4) is 0 Å². The molecule has 3 saturated heterocycles. The highest BCUT2D eigenvalue weighted by Crippen LogP contribution is 2.74. The number of carbonyl (C=O) groups excluding carboxylic acids is 4. The van der Waals surface area contributed by atoms with E-state index in [1.54, 1.807) is 32.9 Å². The molecular formula is C29H34O10. The van der Waals surface area contributed by atoms with Gasteiger partial charge in [0.1, 0.15) is 11.9 Å². The largest absolute Gasteiger partial charge is 0.458 e. The maximum atomic E-state index is 14.1. The zero-order chi connectivity index (χ0) is 28.1. The first-order valence-corrected chi connectivity index (χ1v) is 13.7. The molecule has 0 aromatic rings. The summed E-state index contributed by atoms with van der Waals surface area (Å²) in [6.45, 7) is 6.79. The lowest BCUT2D eigenvalue weighted by molar-refractivity contribution is -0.303. The molecule has 3 aliphatic heterocycles. The number of esters is 3. The van der Waals surface area contributed by atoms with Gasteiger partial charge in [0.15, 0.2) is 11.2 Å². The number of carbonyl (C=O) groups is 4. The highest BCUT2D eigenvalue weighted by molar-refractivity contribution is 5.95. The van der Waals surface area contributed by atoms with Crippen LogP contribution >= 0.6 is 0 Å². The fourth-order valence-corrected chi connectivity index (χ4v) is 9.81. The van der Waals surface area contributed by atoms with Crippen LogP contribution in [-0.4, -0.2) is 75.6 Å². The third-order valence-electron chi connectivity index (χ3n) is 12.1. The number of ether oxygens (including phenoxy) is 4. The van der Waals surface area contributed by atoms with Crippen molar-refractivity contribution in [1.82, 2.24) is 0 Å². The summed E-state index contributed by atoms with van der Waals surface area (Å²) in [7, 11) is 1.53. The minimum Gasteiger partial charge on any atom is -0.458 e. The fourth-order valence-electron chi connectivity index (χ4n) is 9.81. The minimum atomic E-state index is -2.32. The van der Waals surface area contributed by atoms with Crippen LogP contribution in [0.15, 0.2) is 23.8 Å². The third kappa shape index (κ3) is 2.37. The van der Waals surface area contributed by atoms with Crippen LogP contribution in [-0.2, 0) is 38.1 Å². The van der Waals surface area contributed by atoms with Gasteiger partial charge in [-0.1, -0.05) is 32.1 Å². The summed E-state index contributed by atoms with van der Waals surface area (Å²) in [6, 6.07) is 0. The molecule has 12 atom stereocenters. The second kappa shape index (κ2) is 7.01. The van der Waals surface area contributed by atoms with E-state index in [9.17, 15) is 29.4 Å². The molecule has 0 aromatic heterocycles. The van der Waals surface area contributed by atoms with Crippen LogP contribution in [0.5, 0.6) is 0 Å². The Morgan fingerprint density at radius 3 is 2.46 bits per heavy atom. The summed E-state index contributed by atoms with van der Waals surface area (Å²) in [6.07, 6.45) is 4.32. The Bertz CT molecular complexity index is 1320. The van der Waals surface area contributed by atoms with E-state index in [0.717, 1.165) is 0 Å². The molecule has 10 nitrogen and oxygen atoms in total. The van der Waals surface area contributed by atoms with E-state index in [1.165, 1.54) is 14.0 Å². The van der Waals surface area contributed by atoms with Gasteiger partial charge in [-0.05, 0) is 50.0 Å². The molecule has 0 aromatic carbocycles. The van der Waals surface area contributed by atoms with E-state index in [2.05, 4.69) is 0 Å². The monoisotopic (exact) mass is 542 g/mol. The summed E-state index contributed by atoms with van der Waals surface area (Å²) < 4.78 is 23.2. The van der Waals surface area contributed by atoms with E-state index in [-0.39, 0.29) is 31.5 Å². The third-order valence-corrected chi connectivity index (χ3v) is 12.1. The Balaban J connectivity index is 1.53. The van der Waals surface area contributed by atoms with Crippen molar-refractivity contribution in [2.75, 3.05) is 7.11 Å². The lowest BCUT2D eigenvalue weighted by Gasteiger charge is -2.64. The first-order valence-electron chi connectivity index (χ1n) is 13.7. The SMILES string of the molecule is CO[C@H]1C=C2C=C[C@@H]3[C@H](CC[C@@]4(O)C(=O)O[C@@]5(C)[C@H]6C[C@](C)([C@H](C)C(=O)O6)[C@@H]6[C@]3(O)C(=O)O[C@]645)[C@@]2(C)C(=O)C1. The summed E-state index contributed by atoms with van der Waals surface area (Å²) in [4.78, 5) is 54.7. The molecule has 0 amide bonds. The van der Waals surface area contributed by atoms with Crippen LogP contribution in [0, 0.1) is 34.5 Å². The molecule has 5 fully saturated rings. The van der Waals surface area contributed by atoms with Crippen molar-refractivity contribution in [2.45, 2.75) is 88.0 Å². The second-order valence-corrected chi connectivity index (χ2v) is 13.4. The predicted octanol–water partition coefficient (Wildman–Crippen LogP) is 1.16. The van der Waals surface area contributed by atoms with Crippen molar-refractivity contribution in [3.05, 3.63) is 23.8 Å². The van der Waals surface area contributed by atoms with Crippen LogP contribution in [0.1, 0.15) is 53.4 Å². The molecule has 0 unspecified atom stereocenters. The number of methoxy groups -OCH3 is 1. The number of hydrogen-bond donors (Lipinski definition) is 2. The number of aliphatic hydroxyl groups is 2. The van der Waals surface area contributed by atoms with Crippen molar-refractivity contribution >= 4 is 23.7 Å².